The van der Waals surface area contributed by atoms with E-state index in [1.165, 1.54) is 11.1 Å². The van der Waals surface area contributed by atoms with Crippen LogP contribution < -0.4 is 4.74 Å². The molecule has 2 nitrogen and oxygen atoms in total. The predicted octanol–water partition coefficient (Wildman–Crippen LogP) is 3.86. The minimum absolute atomic E-state index is 0.504. The molecule has 1 aromatic carbocycles. The number of benzene rings is 1. The number of aryl methyl sites for hydroxylation is 1. The zero-order valence-corrected chi connectivity index (χ0v) is 11.3. The van der Waals surface area contributed by atoms with Crippen molar-refractivity contribution < 1.29 is 4.74 Å². The summed E-state index contributed by atoms with van der Waals surface area (Å²) in [6.07, 6.45) is 1.78. The van der Waals surface area contributed by atoms with Crippen LogP contribution in [0, 0.1) is 6.92 Å². The Labute approximate surface area is 110 Å². The normalized spacial score (nSPS) is 10.2. The largest absolute Gasteiger partial charge is 0.487 e. The molecule has 0 amide bonds. The highest BCUT2D eigenvalue weighted by Gasteiger charge is 2.03. The van der Waals surface area contributed by atoms with Gasteiger partial charge in [0.2, 0.25) is 0 Å². The third-order valence-corrected chi connectivity index (χ3v) is 3.07. The van der Waals surface area contributed by atoms with E-state index in [9.17, 15) is 0 Å². The lowest BCUT2D eigenvalue weighted by atomic mass is 10.1. The number of aromatic nitrogens is 1. The van der Waals surface area contributed by atoms with Gasteiger partial charge in [-0.1, -0.05) is 39.7 Å². The van der Waals surface area contributed by atoms with Crippen molar-refractivity contribution in [1.29, 1.82) is 0 Å². The molecule has 0 aliphatic rings. The fourth-order valence-corrected chi connectivity index (χ4v) is 2.03. The summed E-state index contributed by atoms with van der Waals surface area (Å²) in [6.45, 7) is 2.58. The molecule has 0 radical (unpaired) electrons. The molecule has 17 heavy (non-hydrogen) atoms. The van der Waals surface area contributed by atoms with Gasteiger partial charge in [-0.05, 0) is 25.1 Å². The molecule has 0 atom stereocenters. The van der Waals surface area contributed by atoms with Gasteiger partial charge in [-0.2, -0.15) is 0 Å². The minimum atomic E-state index is 0.504. The number of ether oxygens (including phenoxy) is 1. The van der Waals surface area contributed by atoms with Crippen LogP contribution in [0.4, 0.5) is 0 Å². The molecule has 1 aromatic heterocycles. The Morgan fingerprint density at radius 3 is 2.82 bits per heavy atom. The van der Waals surface area contributed by atoms with E-state index < -0.39 is 0 Å². The second kappa shape index (κ2) is 5.82. The predicted molar refractivity (Wildman–Crippen MR) is 72.4 cm³/mol. The molecule has 88 valence electrons. The van der Waals surface area contributed by atoms with Gasteiger partial charge in [-0.15, -0.1) is 0 Å². The number of alkyl halides is 1. The Morgan fingerprint density at radius 1 is 1.24 bits per heavy atom. The summed E-state index contributed by atoms with van der Waals surface area (Å²) in [5, 5.41) is 0.798. The van der Waals surface area contributed by atoms with Gasteiger partial charge in [-0.25, -0.2) is 0 Å². The number of halogens is 1. The first-order valence-corrected chi connectivity index (χ1v) is 6.60. The van der Waals surface area contributed by atoms with E-state index in [1.54, 1.807) is 6.20 Å². The second-order valence-electron chi connectivity index (χ2n) is 3.85. The highest BCUT2D eigenvalue weighted by Crippen LogP contribution is 2.23. The molecule has 0 aliphatic heterocycles. The van der Waals surface area contributed by atoms with Crippen molar-refractivity contribution in [3.05, 3.63) is 59.4 Å². The first-order valence-electron chi connectivity index (χ1n) is 5.48. The number of rotatable bonds is 4. The van der Waals surface area contributed by atoms with Crippen LogP contribution in [-0.4, -0.2) is 4.98 Å². The number of hydrogen-bond donors (Lipinski definition) is 0. The lowest BCUT2D eigenvalue weighted by Gasteiger charge is -2.10. The van der Waals surface area contributed by atoms with E-state index in [0.717, 1.165) is 16.8 Å². The van der Waals surface area contributed by atoms with E-state index in [-0.39, 0.29) is 0 Å². The zero-order valence-electron chi connectivity index (χ0n) is 9.69. The second-order valence-corrected chi connectivity index (χ2v) is 4.42. The van der Waals surface area contributed by atoms with Crippen molar-refractivity contribution in [1.82, 2.24) is 4.98 Å². The average Bonchev–Trinajstić information content (AvgIpc) is 2.38. The fraction of sp³-hybridized carbons (Fsp3) is 0.214. The maximum Gasteiger partial charge on any atom is 0.130 e. The van der Waals surface area contributed by atoms with Crippen molar-refractivity contribution in [3.63, 3.8) is 0 Å². The Morgan fingerprint density at radius 2 is 2.12 bits per heavy atom. The lowest BCUT2D eigenvalue weighted by molar-refractivity contribution is 0.299. The van der Waals surface area contributed by atoms with E-state index in [0.29, 0.717) is 6.61 Å². The molecular formula is C14H14BrNO. The zero-order chi connectivity index (χ0) is 12.1. The van der Waals surface area contributed by atoms with Gasteiger partial charge < -0.3 is 4.74 Å². The molecular weight excluding hydrogens is 278 g/mol. The summed E-state index contributed by atoms with van der Waals surface area (Å²) in [4.78, 5) is 4.23. The summed E-state index contributed by atoms with van der Waals surface area (Å²) in [5.74, 6) is 0.915. The first-order chi connectivity index (χ1) is 8.29. The van der Waals surface area contributed by atoms with Crippen molar-refractivity contribution in [3.8, 4) is 5.75 Å². The summed E-state index contributed by atoms with van der Waals surface area (Å²) >= 11 is 3.47. The number of hydrogen-bond acceptors (Lipinski definition) is 2. The molecule has 2 rings (SSSR count). The molecule has 0 spiro atoms. The van der Waals surface area contributed by atoms with Crippen molar-refractivity contribution in [2.45, 2.75) is 18.9 Å². The summed E-state index contributed by atoms with van der Waals surface area (Å²) < 4.78 is 5.78. The van der Waals surface area contributed by atoms with Crippen LogP contribution in [0.3, 0.4) is 0 Å². The molecule has 0 saturated heterocycles. The van der Waals surface area contributed by atoms with Crippen LogP contribution >= 0.6 is 15.9 Å². The van der Waals surface area contributed by atoms with Crippen LogP contribution in [-0.2, 0) is 11.9 Å². The molecule has 0 unspecified atom stereocenters. The summed E-state index contributed by atoms with van der Waals surface area (Å²) in [5.41, 5.74) is 3.35. The Bertz CT molecular complexity index is 485. The highest BCUT2D eigenvalue weighted by molar-refractivity contribution is 9.08. The number of nitrogens with zero attached hydrogens (tertiary/aromatic N) is 1. The standard InChI is InChI=1S/C14H14BrNO/c1-11-5-6-14(12(8-11)9-15)17-10-13-4-2-3-7-16-13/h2-8H,9-10H2,1H3. The van der Waals surface area contributed by atoms with Gasteiger partial charge in [0.15, 0.2) is 0 Å². The third-order valence-electron chi connectivity index (χ3n) is 2.46. The molecule has 0 fully saturated rings. The average molecular weight is 292 g/mol. The highest BCUT2D eigenvalue weighted by atomic mass is 79.9. The minimum Gasteiger partial charge on any atom is -0.487 e. The summed E-state index contributed by atoms with van der Waals surface area (Å²) in [7, 11) is 0. The van der Waals surface area contributed by atoms with Gasteiger partial charge >= 0.3 is 0 Å². The molecule has 1 heterocycles. The van der Waals surface area contributed by atoms with Crippen LogP contribution in [0.25, 0.3) is 0 Å². The summed E-state index contributed by atoms with van der Waals surface area (Å²) in [6, 6.07) is 12.0. The third kappa shape index (κ3) is 3.30. The van der Waals surface area contributed by atoms with E-state index >= 15 is 0 Å². The smallest absolute Gasteiger partial charge is 0.130 e. The number of pyridine rings is 1. The molecule has 0 bridgehead atoms. The topological polar surface area (TPSA) is 22.1 Å². The van der Waals surface area contributed by atoms with Crippen molar-refractivity contribution in [2.24, 2.45) is 0 Å². The maximum atomic E-state index is 5.78. The maximum absolute atomic E-state index is 5.78. The van der Waals surface area contributed by atoms with Gasteiger partial charge in [0.1, 0.15) is 12.4 Å². The quantitative estimate of drug-likeness (QED) is 0.798. The lowest BCUT2D eigenvalue weighted by Crippen LogP contribution is -1.99. The van der Waals surface area contributed by atoms with Crippen LogP contribution in [0.5, 0.6) is 5.75 Å². The van der Waals surface area contributed by atoms with E-state index in [4.69, 9.17) is 4.74 Å². The monoisotopic (exact) mass is 291 g/mol. The van der Waals surface area contributed by atoms with Crippen molar-refractivity contribution in [2.75, 3.05) is 0 Å². The fourth-order valence-electron chi connectivity index (χ4n) is 1.59. The van der Waals surface area contributed by atoms with Gasteiger partial charge in [0, 0.05) is 17.1 Å². The molecule has 0 N–H and O–H groups in total. The van der Waals surface area contributed by atoms with Crippen LogP contribution in [0.15, 0.2) is 42.6 Å². The van der Waals surface area contributed by atoms with Crippen molar-refractivity contribution >= 4 is 15.9 Å². The van der Waals surface area contributed by atoms with Gasteiger partial charge in [-0.3, -0.25) is 4.98 Å². The van der Waals surface area contributed by atoms with Crippen LogP contribution in [0.1, 0.15) is 16.8 Å². The van der Waals surface area contributed by atoms with Gasteiger partial charge in [0.05, 0.1) is 5.69 Å². The van der Waals surface area contributed by atoms with Gasteiger partial charge in [0.25, 0.3) is 0 Å². The molecule has 2 aromatic rings. The first kappa shape index (κ1) is 12.1. The van der Waals surface area contributed by atoms with E-state index in [2.05, 4.69) is 40.0 Å². The Kier molecular flexibility index (Phi) is 4.15. The van der Waals surface area contributed by atoms with E-state index in [1.807, 2.05) is 24.3 Å². The molecule has 0 aliphatic carbocycles. The SMILES string of the molecule is Cc1ccc(OCc2ccccn2)c(CBr)c1. The Hall–Kier alpha value is -1.35. The Balaban J connectivity index is 2.09. The molecule has 0 saturated carbocycles. The molecule has 3 heteroatoms. The van der Waals surface area contributed by atoms with Crippen LogP contribution in [0.2, 0.25) is 0 Å².